The number of fused-ring (bicyclic) bond motifs is 1. The SMILES string of the molecule is CCOC(=O)C1=CN=C2C(C)=NN(C)C2C1=O. The lowest BCUT2D eigenvalue weighted by Gasteiger charge is -2.21. The van der Waals surface area contributed by atoms with Gasteiger partial charge in [-0.3, -0.25) is 14.8 Å². The van der Waals surface area contributed by atoms with Crippen molar-refractivity contribution in [1.29, 1.82) is 0 Å². The predicted molar refractivity (Wildman–Crippen MR) is 61.8 cm³/mol. The Labute approximate surface area is 98.6 Å². The van der Waals surface area contributed by atoms with Gasteiger partial charge in [-0.25, -0.2) is 4.79 Å². The third-order valence-corrected chi connectivity index (χ3v) is 2.65. The van der Waals surface area contributed by atoms with E-state index < -0.39 is 12.0 Å². The summed E-state index contributed by atoms with van der Waals surface area (Å²) in [5, 5.41) is 5.65. The first kappa shape index (κ1) is 11.5. The fraction of sp³-hybridized carbons (Fsp3) is 0.455. The molecule has 0 aromatic rings. The normalized spacial score (nSPS) is 22.8. The Hall–Kier alpha value is -1.98. The molecule has 0 aromatic carbocycles. The molecule has 0 amide bonds. The average Bonchev–Trinajstić information content (AvgIpc) is 2.56. The molecule has 1 atom stereocenters. The molecule has 0 aliphatic carbocycles. The minimum absolute atomic E-state index is 0.0163. The van der Waals surface area contributed by atoms with Gasteiger partial charge < -0.3 is 4.74 Å². The van der Waals surface area contributed by atoms with Crippen LogP contribution in [0.15, 0.2) is 21.9 Å². The van der Waals surface area contributed by atoms with Gasteiger partial charge in [0.1, 0.15) is 5.57 Å². The van der Waals surface area contributed by atoms with Gasteiger partial charge in [0.25, 0.3) is 0 Å². The molecule has 0 spiro atoms. The number of rotatable bonds is 2. The van der Waals surface area contributed by atoms with Crippen LogP contribution in [-0.2, 0) is 14.3 Å². The number of Topliss-reactive ketones (excluding diaryl/α,β-unsaturated/α-hetero) is 1. The van der Waals surface area contributed by atoms with Crippen LogP contribution in [0.25, 0.3) is 0 Å². The van der Waals surface area contributed by atoms with Crippen molar-refractivity contribution >= 4 is 23.2 Å². The predicted octanol–water partition coefficient (Wildman–Crippen LogP) is 0.147. The van der Waals surface area contributed by atoms with E-state index in [1.165, 1.54) is 11.2 Å². The number of likely N-dealkylation sites (N-methyl/N-ethyl adjacent to an activating group) is 1. The minimum atomic E-state index is -0.627. The van der Waals surface area contributed by atoms with Gasteiger partial charge in [-0.15, -0.1) is 0 Å². The molecule has 0 fully saturated rings. The number of ketones is 1. The molecule has 90 valence electrons. The van der Waals surface area contributed by atoms with Crippen molar-refractivity contribution < 1.29 is 14.3 Å². The molecule has 1 unspecified atom stereocenters. The Morgan fingerprint density at radius 1 is 1.59 bits per heavy atom. The van der Waals surface area contributed by atoms with Crippen molar-refractivity contribution in [2.45, 2.75) is 19.9 Å². The highest BCUT2D eigenvalue weighted by molar-refractivity contribution is 6.51. The monoisotopic (exact) mass is 235 g/mol. The van der Waals surface area contributed by atoms with Crippen LogP contribution in [0.4, 0.5) is 0 Å². The van der Waals surface area contributed by atoms with E-state index in [9.17, 15) is 9.59 Å². The molecule has 0 radical (unpaired) electrons. The Morgan fingerprint density at radius 2 is 2.29 bits per heavy atom. The largest absolute Gasteiger partial charge is 0.462 e. The number of hydrazone groups is 1. The maximum atomic E-state index is 12.1. The van der Waals surface area contributed by atoms with Gasteiger partial charge in [-0.1, -0.05) is 0 Å². The topological polar surface area (TPSA) is 71.3 Å². The van der Waals surface area contributed by atoms with Crippen LogP contribution in [-0.4, -0.2) is 47.9 Å². The first-order valence-corrected chi connectivity index (χ1v) is 5.34. The molecule has 0 aromatic heterocycles. The average molecular weight is 235 g/mol. The molecule has 0 saturated heterocycles. The van der Waals surface area contributed by atoms with Gasteiger partial charge in [0.2, 0.25) is 5.78 Å². The van der Waals surface area contributed by atoms with Crippen molar-refractivity contribution in [2.24, 2.45) is 10.1 Å². The molecule has 6 heteroatoms. The summed E-state index contributed by atoms with van der Waals surface area (Å²) in [5.41, 5.74) is 1.29. The van der Waals surface area contributed by atoms with Crippen LogP contribution in [0.1, 0.15) is 13.8 Å². The van der Waals surface area contributed by atoms with Crippen LogP contribution < -0.4 is 0 Å². The standard InChI is InChI=1S/C11H13N3O3/c1-4-17-11(16)7-5-12-8-6(2)13-14(3)9(8)10(7)15/h5,9H,4H2,1-3H3. The van der Waals surface area contributed by atoms with E-state index in [0.717, 1.165) is 0 Å². The van der Waals surface area contributed by atoms with E-state index in [0.29, 0.717) is 11.4 Å². The van der Waals surface area contributed by atoms with Crippen LogP contribution in [0, 0.1) is 0 Å². The number of esters is 1. The molecular weight excluding hydrogens is 222 g/mol. The van der Waals surface area contributed by atoms with E-state index in [-0.39, 0.29) is 18.0 Å². The lowest BCUT2D eigenvalue weighted by molar-refractivity contribution is -0.140. The zero-order chi connectivity index (χ0) is 12.6. The lowest BCUT2D eigenvalue weighted by atomic mass is 9.97. The molecule has 17 heavy (non-hydrogen) atoms. The van der Waals surface area contributed by atoms with Crippen molar-refractivity contribution in [3.8, 4) is 0 Å². The molecule has 2 heterocycles. The van der Waals surface area contributed by atoms with Crippen molar-refractivity contribution in [3.63, 3.8) is 0 Å². The maximum Gasteiger partial charge on any atom is 0.343 e. The molecule has 6 nitrogen and oxygen atoms in total. The first-order chi connectivity index (χ1) is 8.06. The summed E-state index contributed by atoms with van der Waals surface area (Å²) in [6, 6.07) is -0.584. The molecule has 0 saturated carbocycles. The summed E-state index contributed by atoms with van der Waals surface area (Å²) in [4.78, 5) is 27.8. The van der Waals surface area contributed by atoms with Gasteiger partial charge >= 0.3 is 5.97 Å². The van der Waals surface area contributed by atoms with Gasteiger partial charge in [0.15, 0.2) is 6.04 Å². The smallest absolute Gasteiger partial charge is 0.343 e. The van der Waals surface area contributed by atoms with Gasteiger partial charge in [0.05, 0.1) is 18.0 Å². The lowest BCUT2D eigenvalue weighted by Crippen LogP contribution is -2.43. The van der Waals surface area contributed by atoms with Crippen LogP contribution in [0.5, 0.6) is 0 Å². The third-order valence-electron chi connectivity index (χ3n) is 2.65. The number of hydrogen-bond donors (Lipinski definition) is 0. The summed E-state index contributed by atoms with van der Waals surface area (Å²) in [7, 11) is 1.68. The summed E-state index contributed by atoms with van der Waals surface area (Å²) >= 11 is 0. The number of nitrogens with zero attached hydrogens (tertiary/aromatic N) is 3. The Balaban J connectivity index is 2.33. The van der Waals surface area contributed by atoms with E-state index in [2.05, 4.69) is 10.1 Å². The number of ether oxygens (including phenoxy) is 1. The van der Waals surface area contributed by atoms with Gasteiger partial charge in [-0.2, -0.15) is 5.10 Å². The van der Waals surface area contributed by atoms with Crippen LogP contribution in [0.3, 0.4) is 0 Å². The number of hydrogen-bond acceptors (Lipinski definition) is 6. The highest BCUT2D eigenvalue weighted by Crippen LogP contribution is 2.21. The third kappa shape index (κ3) is 1.75. The molecule has 0 N–H and O–H groups in total. The molecule has 2 aliphatic rings. The maximum absolute atomic E-state index is 12.1. The van der Waals surface area contributed by atoms with E-state index in [4.69, 9.17) is 4.74 Å². The molecule has 0 bridgehead atoms. The fourth-order valence-corrected chi connectivity index (χ4v) is 1.89. The summed E-state index contributed by atoms with van der Waals surface area (Å²) in [6.45, 7) is 3.71. The summed E-state index contributed by atoms with van der Waals surface area (Å²) in [6.07, 6.45) is 1.27. The number of carbonyl (C=O) groups excluding carboxylic acids is 2. The van der Waals surface area contributed by atoms with Gasteiger partial charge in [0, 0.05) is 13.2 Å². The molecule has 2 aliphatic heterocycles. The van der Waals surface area contributed by atoms with E-state index in [1.807, 2.05) is 0 Å². The number of aliphatic imine (C=N–C) groups is 1. The van der Waals surface area contributed by atoms with Crippen molar-refractivity contribution in [1.82, 2.24) is 5.01 Å². The van der Waals surface area contributed by atoms with Gasteiger partial charge in [-0.05, 0) is 13.8 Å². The Morgan fingerprint density at radius 3 is 2.94 bits per heavy atom. The first-order valence-electron chi connectivity index (χ1n) is 5.34. The second kappa shape index (κ2) is 4.12. The van der Waals surface area contributed by atoms with Crippen molar-refractivity contribution in [2.75, 3.05) is 13.7 Å². The highest BCUT2D eigenvalue weighted by atomic mass is 16.5. The highest BCUT2D eigenvalue weighted by Gasteiger charge is 2.40. The second-order valence-electron chi connectivity index (χ2n) is 3.80. The summed E-state index contributed by atoms with van der Waals surface area (Å²) < 4.78 is 4.81. The zero-order valence-corrected chi connectivity index (χ0v) is 9.93. The van der Waals surface area contributed by atoms with E-state index >= 15 is 0 Å². The van der Waals surface area contributed by atoms with E-state index in [1.54, 1.807) is 20.9 Å². The Kier molecular flexibility index (Phi) is 2.79. The zero-order valence-electron chi connectivity index (χ0n) is 9.93. The second-order valence-corrected chi connectivity index (χ2v) is 3.80. The molecule has 2 rings (SSSR count). The quantitative estimate of drug-likeness (QED) is 0.504. The minimum Gasteiger partial charge on any atom is -0.462 e. The fourth-order valence-electron chi connectivity index (χ4n) is 1.89. The Bertz CT molecular complexity index is 476. The van der Waals surface area contributed by atoms with Crippen molar-refractivity contribution in [3.05, 3.63) is 11.8 Å². The summed E-state index contributed by atoms with van der Waals surface area (Å²) in [5.74, 6) is -0.935. The number of carbonyl (C=O) groups is 2. The van der Waals surface area contributed by atoms with Crippen LogP contribution >= 0.6 is 0 Å². The molecular formula is C11H13N3O3. The van der Waals surface area contributed by atoms with Crippen LogP contribution in [0.2, 0.25) is 0 Å².